The summed E-state index contributed by atoms with van der Waals surface area (Å²) in [6.07, 6.45) is 0.0969. The molecule has 1 amide bonds. The van der Waals surface area contributed by atoms with Crippen LogP contribution in [0.25, 0.3) is 0 Å². The highest BCUT2D eigenvalue weighted by Gasteiger charge is 2.20. The first-order valence-corrected chi connectivity index (χ1v) is 10.5. The van der Waals surface area contributed by atoms with E-state index in [-0.39, 0.29) is 35.7 Å². The van der Waals surface area contributed by atoms with Crippen molar-refractivity contribution in [1.29, 1.82) is 0 Å². The Balaban J connectivity index is 1.88. The SMILES string of the molecule is Cc1ccc(S(=O)(=O)NCCC(=O)N[C@@H](c2cccs2)C(C)C)cc1. The van der Waals surface area contributed by atoms with Crippen LogP contribution in [0.3, 0.4) is 0 Å². The molecule has 2 N–H and O–H groups in total. The maximum Gasteiger partial charge on any atom is 0.240 e. The lowest BCUT2D eigenvalue weighted by Gasteiger charge is -2.21. The Bertz CT molecular complexity index is 782. The average Bonchev–Trinajstić information content (AvgIpc) is 3.06. The van der Waals surface area contributed by atoms with Gasteiger partial charge in [-0.2, -0.15) is 0 Å². The molecule has 0 aliphatic rings. The summed E-state index contributed by atoms with van der Waals surface area (Å²) in [7, 11) is -3.59. The van der Waals surface area contributed by atoms with Gasteiger partial charge in [0, 0.05) is 17.8 Å². The third kappa shape index (κ3) is 5.66. The molecule has 0 aliphatic heterocycles. The molecule has 1 aromatic carbocycles. The standard InChI is InChI=1S/C18H24N2O3S2/c1-13(2)18(16-5-4-12-24-16)20-17(21)10-11-19-25(22,23)15-8-6-14(3)7-9-15/h4-9,12-13,18-19H,10-11H2,1-3H3,(H,20,21)/t18-/m1/s1. The Morgan fingerprint density at radius 1 is 1.16 bits per heavy atom. The zero-order valence-corrected chi connectivity index (χ0v) is 16.3. The maximum atomic E-state index is 12.2. The summed E-state index contributed by atoms with van der Waals surface area (Å²) in [5, 5.41) is 4.97. The molecule has 7 heteroatoms. The molecule has 0 unspecified atom stereocenters. The van der Waals surface area contributed by atoms with Gasteiger partial charge in [-0.25, -0.2) is 13.1 Å². The second kappa shape index (κ2) is 8.60. The summed E-state index contributed by atoms with van der Waals surface area (Å²) in [6, 6.07) is 10.5. The second-order valence-corrected chi connectivity index (χ2v) is 9.01. The van der Waals surface area contributed by atoms with Crippen LogP contribution in [0.15, 0.2) is 46.7 Å². The highest BCUT2D eigenvalue weighted by Crippen LogP contribution is 2.25. The maximum absolute atomic E-state index is 12.2. The number of sulfonamides is 1. The van der Waals surface area contributed by atoms with Crippen molar-refractivity contribution in [3.63, 3.8) is 0 Å². The van der Waals surface area contributed by atoms with Crippen molar-refractivity contribution in [3.05, 3.63) is 52.2 Å². The minimum absolute atomic E-state index is 0.0544. The molecule has 1 aromatic heterocycles. The molecule has 0 saturated carbocycles. The Hall–Kier alpha value is -1.70. The van der Waals surface area contributed by atoms with Gasteiger partial charge in [-0.15, -0.1) is 11.3 Å². The smallest absolute Gasteiger partial charge is 0.240 e. The van der Waals surface area contributed by atoms with Gasteiger partial charge >= 0.3 is 0 Å². The van der Waals surface area contributed by atoms with Crippen LogP contribution < -0.4 is 10.0 Å². The lowest BCUT2D eigenvalue weighted by Crippen LogP contribution is -2.34. The van der Waals surface area contributed by atoms with Crippen molar-refractivity contribution in [2.75, 3.05) is 6.54 Å². The van der Waals surface area contributed by atoms with Crippen molar-refractivity contribution < 1.29 is 13.2 Å². The van der Waals surface area contributed by atoms with E-state index in [4.69, 9.17) is 0 Å². The molecule has 0 radical (unpaired) electrons. The molecular weight excluding hydrogens is 356 g/mol. The number of aryl methyl sites for hydroxylation is 1. The van der Waals surface area contributed by atoms with Gasteiger partial charge < -0.3 is 5.32 Å². The predicted molar refractivity (Wildman–Crippen MR) is 101 cm³/mol. The van der Waals surface area contributed by atoms with E-state index in [2.05, 4.69) is 10.0 Å². The summed E-state index contributed by atoms with van der Waals surface area (Å²) in [5.74, 6) is 0.0885. The highest BCUT2D eigenvalue weighted by molar-refractivity contribution is 7.89. The fourth-order valence-corrected chi connectivity index (χ4v) is 4.36. The number of carbonyl (C=O) groups excluding carboxylic acids is 1. The number of amides is 1. The molecule has 2 aromatic rings. The lowest BCUT2D eigenvalue weighted by molar-refractivity contribution is -0.122. The van der Waals surface area contributed by atoms with E-state index in [1.165, 1.54) is 0 Å². The van der Waals surface area contributed by atoms with E-state index in [9.17, 15) is 13.2 Å². The molecule has 2 rings (SSSR count). The summed E-state index contributed by atoms with van der Waals surface area (Å²) in [6.45, 7) is 6.06. The van der Waals surface area contributed by atoms with Gasteiger partial charge in [-0.1, -0.05) is 37.6 Å². The van der Waals surface area contributed by atoms with Crippen molar-refractivity contribution in [1.82, 2.24) is 10.0 Å². The first-order valence-electron chi connectivity index (χ1n) is 8.18. The van der Waals surface area contributed by atoms with Crippen LogP contribution >= 0.6 is 11.3 Å². The van der Waals surface area contributed by atoms with E-state index < -0.39 is 10.0 Å². The van der Waals surface area contributed by atoms with E-state index in [0.717, 1.165) is 10.4 Å². The van der Waals surface area contributed by atoms with Gasteiger partial charge in [0.15, 0.2) is 0 Å². The minimum Gasteiger partial charge on any atom is -0.348 e. The van der Waals surface area contributed by atoms with Gasteiger partial charge in [0.1, 0.15) is 0 Å². The molecule has 0 aliphatic carbocycles. The normalized spacial score (nSPS) is 13.0. The van der Waals surface area contributed by atoms with Crippen LogP contribution in [0, 0.1) is 12.8 Å². The van der Waals surface area contributed by atoms with Crippen LogP contribution in [-0.2, 0) is 14.8 Å². The molecule has 136 valence electrons. The summed E-state index contributed by atoms with van der Waals surface area (Å²) >= 11 is 1.60. The second-order valence-electron chi connectivity index (χ2n) is 6.27. The molecule has 1 heterocycles. The van der Waals surface area contributed by atoms with Gasteiger partial charge in [0.25, 0.3) is 0 Å². The number of hydrogen-bond donors (Lipinski definition) is 2. The van der Waals surface area contributed by atoms with E-state index >= 15 is 0 Å². The minimum atomic E-state index is -3.59. The Morgan fingerprint density at radius 2 is 1.84 bits per heavy atom. The molecular formula is C18H24N2O3S2. The van der Waals surface area contributed by atoms with Crippen molar-refractivity contribution >= 4 is 27.3 Å². The summed E-state index contributed by atoms with van der Waals surface area (Å²) < 4.78 is 26.9. The zero-order chi connectivity index (χ0) is 18.4. The van der Waals surface area contributed by atoms with Gasteiger partial charge in [0.2, 0.25) is 15.9 Å². The van der Waals surface area contributed by atoms with Crippen molar-refractivity contribution in [2.24, 2.45) is 5.92 Å². The molecule has 25 heavy (non-hydrogen) atoms. The Labute approximate surface area is 153 Å². The van der Waals surface area contributed by atoms with Crippen LogP contribution in [0.2, 0.25) is 0 Å². The third-order valence-electron chi connectivity index (χ3n) is 3.81. The Kier molecular flexibility index (Phi) is 6.75. The van der Waals surface area contributed by atoms with E-state index in [1.54, 1.807) is 35.6 Å². The number of rotatable bonds is 8. The fraction of sp³-hybridized carbons (Fsp3) is 0.389. The molecule has 0 fully saturated rings. The van der Waals surface area contributed by atoms with E-state index in [1.807, 2.05) is 38.3 Å². The number of nitrogens with one attached hydrogen (secondary N) is 2. The predicted octanol–water partition coefficient (Wildman–Crippen LogP) is 3.24. The monoisotopic (exact) mass is 380 g/mol. The number of thiophene rings is 1. The van der Waals surface area contributed by atoms with E-state index in [0.29, 0.717) is 0 Å². The average molecular weight is 381 g/mol. The Morgan fingerprint density at radius 3 is 2.40 bits per heavy atom. The summed E-state index contributed by atoms with van der Waals surface area (Å²) in [4.78, 5) is 13.5. The topological polar surface area (TPSA) is 75.3 Å². The molecule has 0 spiro atoms. The van der Waals surface area contributed by atoms with Crippen LogP contribution in [0.4, 0.5) is 0 Å². The number of hydrogen-bond acceptors (Lipinski definition) is 4. The van der Waals surface area contributed by atoms with Gasteiger partial charge in [-0.05, 0) is 36.4 Å². The zero-order valence-electron chi connectivity index (χ0n) is 14.7. The number of benzene rings is 1. The third-order valence-corrected chi connectivity index (χ3v) is 6.24. The lowest BCUT2D eigenvalue weighted by atomic mass is 10.0. The molecule has 0 bridgehead atoms. The number of carbonyl (C=O) groups is 1. The first kappa shape index (κ1) is 19.6. The van der Waals surface area contributed by atoms with Crippen molar-refractivity contribution in [3.8, 4) is 0 Å². The first-order chi connectivity index (χ1) is 11.8. The summed E-state index contributed by atoms with van der Waals surface area (Å²) in [5.41, 5.74) is 0.992. The van der Waals surface area contributed by atoms with Gasteiger partial charge in [-0.3, -0.25) is 4.79 Å². The fourth-order valence-electron chi connectivity index (χ4n) is 2.38. The molecule has 0 saturated heterocycles. The van der Waals surface area contributed by atoms with Crippen molar-refractivity contribution in [2.45, 2.75) is 38.1 Å². The largest absolute Gasteiger partial charge is 0.348 e. The van der Waals surface area contributed by atoms with Gasteiger partial charge in [0.05, 0.1) is 10.9 Å². The quantitative estimate of drug-likeness (QED) is 0.738. The molecule has 5 nitrogen and oxygen atoms in total. The van der Waals surface area contributed by atoms with Crippen LogP contribution in [-0.4, -0.2) is 20.9 Å². The highest BCUT2D eigenvalue weighted by atomic mass is 32.2. The van der Waals surface area contributed by atoms with Crippen LogP contribution in [0.5, 0.6) is 0 Å². The van der Waals surface area contributed by atoms with Crippen LogP contribution in [0.1, 0.15) is 36.8 Å². The molecule has 1 atom stereocenters.